The third-order valence-electron chi connectivity index (χ3n) is 5.01. The molecule has 166 valence electrons. The van der Waals surface area contributed by atoms with Crippen molar-refractivity contribution in [3.8, 4) is 22.6 Å². The van der Waals surface area contributed by atoms with E-state index >= 15 is 0 Å². The lowest BCUT2D eigenvalue weighted by atomic mass is 10.1. The molecule has 9 nitrogen and oxygen atoms in total. The van der Waals surface area contributed by atoms with Crippen LogP contribution >= 0.6 is 0 Å². The summed E-state index contributed by atoms with van der Waals surface area (Å²) in [5, 5.41) is 21.7. The summed E-state index contributed by atoms with van der Waals surface area (Å²) in [5.74, 6) is 0.329. The largest absolute Gasteiger partial charge is 0.491 e. The first-order chi connectivity index (χ1) is 16.0. The number of benzene rings is 3. The minimum Gasteiger partial charge on any atom is -0.491 e. The van der Waals surface area contributed by atoms with Crippen LogP contribution in [-0.4, -0.2) is 39.0 Å². The summed E-state index contributed by atoms with van der Waals surface area (Å²) in [5.41, 5.74) is 3.02. The van der Waals surface area contributed by atoms with Crippen molar-refractivity contribution in [1.82, 2.24) is 20.3 Å². The van der Waals surface area contributed by atoms with Gasteiger partial charge in [-0.15, -0.1) is 5.10 Å². The third-order valence-corrected chi connectivity index (χ3v) is 5.01. The summed E-state index contributed by atoms with van der Waals surface area (Å²) in [7, 11) is 0. The molecule has 4 aromatic rings. The van der Waals surface area contributed by atoms with Gasteiger partial charge in [0, 0.05) is 17.7 Å². The fourth-order valence-electron chi connectivity index (χ4n) is 3.38. The number of para-hydroxylation sites is 1. The summed E-state index contributed by atoms with van der Waals surface area (Å²) in [6.07, 6.45) is 0. The van der Waals surface area contributed by atoms with E-state index in [1.165, 1.54) is 16.8 Å². The Kier molecular flexibility index (Phi) is 6.40. The van der Waals surface area contributed by atoms with Gasteiger partial charge in [-0.2, -0.15) is 0 Å². The van der Waals surface area contributed by atoms with Gasteiger partial charge in [0.25, 0.3) is 11.6 Å². The smallest absolute Gasteiger partial charge is 0.273 e. The van der Waals surface area contributed by atoms with E-state index in [1.807, 2.05) is 54.6 Å². The highest BCUT2D eigenvalue weighted by Crippen LogP contribution is 2.29. The van der Waals surface area contributed by atoms with Gasteiger partial charge in [-0.1, -0.05) is 59.8 Å². The van der Waals surface area contributed by atoms with E-state index in [4.69, 9.17) is 4.74 Å². The molecule has 0 unspecified atom stereocenters. The summed E-state index contributed by atoms with van der Waals surface area (Å²) < 4.78 is 7.30. The first-order valence-corrected chi connectivity index (χ1v) is 10.3. The molecule has 0 atom stereocenters. The lowest BCUT2D eigenvalue weighted by molar-refractivity contribution is -0.384. The molecular weight excluding hydrogens is 422 g/mol. The van der Waals surface area contributed by atoms with E-state index in [0.717, 1.165) is 16.9 Å². The average Bonchev–Trinajstić information content (AvgIpc) is 3.24. The summed E-state index contributed by atoms with van der Waals surface area (Å²) in [4.78, 5) is 23.1. The monoisotopic (exact) mass is 443 g/mol. The Bertz CT molecular complexity index is 1290. The minimum atomic E-state index is -0.487. The van der Waals surface area contributed by atoms with Crippen LogP contribution in [-0.2, 0) is 0 Å². The predicted octanol–water partition coefficient (Wildman–Crippen LogP) is 3.96. The molecule has 1 heterocycles. The molecule has 3 aromatic carbocycles. The zero-order chi connectivity index (χ0) is 23.2. The van der Waals surface area contributed by atoms with Crippen molar-refractivity contribution >= 4 is 11.6 Å². The van der Waals surface area contributed by atoms with Gasteiger partial charge in [0.2, 0.25) is 0 Å². The average molecular weight is 443 g/mol. The Morgan fingerprint density at radius 1 is 1.06 bits per heavy atom. The number of nitrogens with one attached hydrogen (secondary N) is 1. The van der Waals surface area contributed by atoms with Gasteiger partial charge in [-0.3, -0.25) is 14.9 Å². The summed E-state index contributed by atoms with van der Waals surface area (Å²) >= 11 is 0. The number of hydrogen-bond donors (Lipinski definition) is 1. The molecule has 0 radical (unpaired) electrons. The maximum absolute atomic E-state index is 12.6. The number of ether oxygens (including phenoxy) is 1. The Balaban J connectivity index is 1.38. The molecule has 0 bridgehead atoms. The number of nitro groups is 1. The number of aromatic nitrogens is 3. The van der Waals surface area contributed by atoms with Crippen molar-refractivity contribution in [1.29, 1.82) is 0 Å². The van der Waals surface area contributed by atoms with Crippen LogP contribution in [0.2, 0.25) is 0 Å². The topological polar surface area (TPSA) is 112 Å². The van der Waals surface area contributed by atoms with Crippen LogP contribution in [0.15, 0.2) is 78.9 Å². The zero-order valence-corrected chi connectivity index (χ0v) is 17.8. The number of nitrogens with zero attached hydrogens (tertiary/aromatic N) is 4. The van der Waals surface area contributed by atoms with E-state index < -0.39 is 10.8 Å². The molecule has 4 rings (SSSR count). The van der Waals surface area contributed by atoms with E-state index in [1.54, 1.807) is 19.1 Å². The van der Waals surface area contributed by atoms with Crippen LogP contribution in [0.25, 0.3) is 16.8 Å². The summed E-state index contributed by atoms with van der Waals surface area (Å²) in [6.45, 7) is 2.22. The van der Waals surface area contributed by atoms with Gasteiger partial charge in [-0.05, 0) is 24.6 Å². The van der Waals surface area contributed by atoms with Gasteiger partial charge in [0.05, 0.1) is 22.8 Å². The molecule has 1 N–H and O–H groups in total. The van der Waals surface area contributed by atoms with Gasteiger partial charge >= 0.3 is 0 Å². The van der Waals surface area contributed by atoms with Crippen molar-refractivity contribution in [2.45, 2.75) is 6.92 Å². The van der Waals surface area contributed by atoms with Crippen LogP contribution in [0.5, 0.6) is 5.75 Å². The number of nitro benzene ring substituents is 1. The molecule has 9 heteroatoms. The van der Waals surface area contributed by atoms with Crippen molar-refractivity contribution in [3.63, 3.8) is 0 Å². The van der Waals surface area contributed by atoms with Crippen molar-refractivity contribution in [2.24, 2.45) is 0 Å². The molecule has 0 spiro atoms. The quantitative estimate of drug-likeness (QED) is 0.251. The molecule has 0 fully saturated rings. The van der Waals surface area contributed by atoms with Crippen molar-refractivity contribution in [2.75, 3.05) is 13.2 Å². The van der Waals surface area contributed by atoms with E-state index in [9.17, 15) is 14.9 Å². The number of carbonyl (C=O) groups is 1. The molecule has 0 saturated carbocycles. The lowest BCUT2D eigenvalue weighted by Gasteiger charge is -2.12. The van der Waals surface area contributed by atoms with Crippen LogP contribution < -0.4 is 10.1 Å². The van der Waals surface area contributed by atoms with Gasteiger partial charge < -0.3 is 10.1 Å². The normalized spacial score (nSPS) is 10.6. The Morgan fingerprint density at radius 3 is 2.61 bits per heavy atom. The number of amides is 1. The first kappa shape index (κ1) is 21.7. The second kappa shape index (κ2) is 9.73. The highest BCUT2D eigenvalue weighted by Gasteiger charge is 2.18. The second-order valence-corrected chi connectivity index (χ2v) is 7.18. The molecule has 33 heavy (non-hydrogen) atoms. The third kappa shape index (κ3) is 4.87. The standard InChI is InChI=1S/C24H21N5O4/c1-17-23(26-27-28(17)19-10-7-11-20(16-19)29(31)32)24(30)25-14-15-33-22-13-6-5-12-21(22)18-8-3-2-4-9-18/h2-13,16H,14-15H2,1H3,(H,25,30). The lowest BCUT2D eigenvalue weighted by Crippen LogP contribution is -2.29. The zero-order valence-electron chi connectivity index (χ0n) is 17.8. The Labute approximate surface area is 189 Å². The molecule has 1 aromatic heterocycles. The molecule has 0 aliphatic rings. The van der Waals surface area contributed by atoms with Gasteiger partial charge in [-0.25, -0.2) is 4.68 Å². The van der Waals surface area contributed by atoms with E-state index in [-0.39, 0.29) is 24.5 Å². The summed E-state index contributed by atoms with van der Waals surface area (Å²) in [6, 6.07) is 23.6. The van der Waals surface area contributed by atoms with Crippen molar-refractivity contribution < 1.29 is 14.5 Å². The first-order valence-electron chi connectivity index (χ1n) is 10.3. The maximum Gasteiger partial charge on any atom is 0.273 e. The number of carbonyl (C=O) groups excluding carboxylic acids is 1. The van der Waals surface area contributed by atoms with Crippen LogP contribution in [0.4, 0.5) is 5.69 Å². The highest BCUT2D eigenvalue weighted by atomic mass is 16.6. The molecule has 0 aliphatic carbocycles. The minimum absolute atomic E-state index is 0.0682. The number of hydrogen-bond acceptors (Lipinski definition) is 6. The molecule has 0 saturated heterocycles. The number of rotatable bonds is 8. The highest BCUT2D eigenvalue weighted by molar-refractivity contribution is 5.93. The molecule has 1 amide bonds. The van der Waals surface area contributed by atoms with Crippen molar-refractivity contribution in [3.05, 3.63) is 100 Å². The molecule has 0 aliphatic heterocycles. The Morgan fingerprint density at radius 2 is 1.82 bits per heavy atom. The fourth-order valence-corrected chi connectivity index (χ4v) is 3.38. The van der Waals surface area contributed by atoms with E-state index in [0.29, 0.717) is 11.4 Å². The van der Waals surface area contributed by atoms with E-state index in [2.05, 4.69) is 15.6 Å². The Hall–Kier alpha value is -4.53. The maximum atomic E-state index is 12.6. The fraction of sp³-hybridized carbons (Fsp3) is 0.125. The predicted molar refractivity (Wildman–Crippen MR) is 122 cm³/mol. The van der Waals surface area contributed by atoms with Gasteiger partial charge in [0.15, 0.2) is 5.69 Å². The van der Waals surface area contributed by atoms with Crippen LogP contribution in [0.1, 0.15) is 16.2 Å². The van der Waals surface area contributed by atoms with Crippen LogP contribution in [0.3, 0.4) is 0 Å². The molecular formula is C24H21N5O4. The van der Waals surface area contributed by atoms with Gasteiger partial charge in [0.1, 0.15) is 12.4 Å². The van der Waals surface area contributed by atoms with Crippen LogP contribution in [0, 0.1) is 17.0 Å². The SMILES string of the molecule is Cc1c(C(=O)NCCOc2ccccc2-c2ccccc2)nnn1-c1cccc([N+](=O)[O-])c1. The number of non-ortho nitro benzene ring substituents is 1. The second-order valence-electron chi connectivity index (χ2n) is 7.18.